The van der Waals surface area contributed by atoms with Crippen molar-refractivity contribution in [2.75, 3.05) is 31.1 Å². The molecule has 2 heterocycles. The maximum absolute atomic E-state index is 13.6. The van der Waals surface area contributed by atoms with Crippen LogP contribution in [0.3, 0.4) is 0 Å². The van der Waals surface area contributed by atoms with E-state index in [4.69, 9.17) is 0 Å². The number of fused-ring (bicyclic) bond motifs is 3. The van der Waals surface area contributed by atoms with Gasteiger partial charge in [-0.3, -0.25) is 24.6 Å². The predicted molar refractivity (Wildman–Crippen MR) is 134 cm³/mol. The first-order chi connectivity index (χ1) is 16.7. The van der Waals surface area contributed by atoms with Crippen molar-refractivity contribution in [3.8, 4) is 0 Å². The lowest BCUT2D eigenvalue weighted by Gasteiger charge is -2.49. The van der Waals surface area contributed by atoms with Crippen LogP contribution in [0.15, 0.2) is 48.5 Å². The number of nitrogens with zero attached hydrogens (tertiary/aromatic N) is 3. The summed E-state index contributed by atoms with van der Waals surface area (Å²) in [5, 5.41) is 17.5. The van der Waals surface area contributed by atoms with Crippen LogP contribution in [-0.2, 0) is 16.0 Å². The van der Waals surface area contributed by atoms with Crippen molar-refractivity contribution in [1.82, 2.24) is 15.5 Å². The van der Waals surface area contributed by atoms with Gasteiger partial charge in [0.1, 0.15) is 0 Å². The molecule has 2 aliphatic rings. The van der Waals surface area contributed by atoms with E-state index in [0.29, 0.717) is 26.1 Å². The quantitative estimate of drug-likeness (QED) is 0.467. The fourth-order valence-corrected chi connectivity index (χ4v) is 5.14. The molecule has 2 aliphatic heterocycles. The van der Waals surface area contributed by atoms with Gasteiger partial charge in [0.25, 0.3) is 5.69 Å². The van der Waals surface area contributed by atoms with Crippen molar-refractivity contribution in [3.63, 3.8) is 0 Å². The number of rotatable bonds is 7. The summed E-state index contributed by atoms with van der Waals surface area (Å²) >= 11 is 0. The Morgan fingerprint density at radius 3 is 2.51 bits per heavy atom. The SMILES string of the molecule is CC(C)NC(=O)CN1CCN2c3ccc([N+](=O)[O-])cc3CC(C(=O)NC(C)c3ccccc3)C2C1. The molecule has 2 aromatic carbocycles. The number of nitro groups is 1. The highest BCUT2D eigenvalue weighted by molar-refractivity contribution is 5.83. The summed E-state index contributed by atoms with van der Waals surface area (Å²) in [6.45, 7) is 7.98. The third-order valence-electron chi connectivity index (χ3n) is 6.80. The number of nitrogens with one attached hydrogen (secondary N) is 2. The molecule has 0 aliphatic carbocycles. The number of piperazine rings is 1. The minimum absolute atomic E-state index is 0.0287. The van der Waals surface area contributed by atoms with Crippen LogP contribution in [0.4, 0.5) is 11.4 Å². The number of carbonyl (C=O) groups excluding carboxylic acids is 2. The zero-order valence-corrected chi connectivity index (χ0v) is 20.4. The molecule has 35 heavy (non-hydrogen) atoms. The van der Waals surface area contributed by atoms with Crippen LogP contribution >= 0.6 is 0 Å². The second-order valence-electron chi connectivity index (χ2n) is 9.74. The summed E-state index contributed by atoms with van der Waals surface area (Å²) in [4.78, 5) is 41.2. The van der Waals surface area contributed by atoms with Crippen molar-refractivity contribution < 1.29 is 14.5 Å². The molecule has 3 atom stereocenters. The highest BCUT2D eigenvalue weighted by atomic mass is 16.6. The molecule has 2 N–H and O–H groups in total. The first-order valence-corrected chi connectivity index (χ1v) is 12.1. The largest absolute Gasteiger partial charge is 0.365 e. The summed E-state index contributed by atoms with van der Waals surface area (Å²) in [7, 11) is 0. The van der Waals surface area contributed by atoms with Crippen LogP contribution in [0, 0.1) is 16.0 Å². The monoisotopic (exact) mass is 479 g/mol. The fraction of sp³-hybridized carbons (Fsp3) is 0.462. The number of carbonyl (C=O) groups is 2. The average Bonchev–Trinajstić information content (AvgIpc) is 2.82. The van der Waals surface area contributed by atoms with Gasteiger partial charge in [0, 0.05) is 43.5 Å². The standard InChI is InChI=1S/C26H33N5O4/c1-17(2)27-25(32)16-29-11-12-30-23-10-9-21(31(34)35)13-20(23)14-22(24(30)15-29)26(33)28-18(3)19-7-5-4-6-8-19/h4-10,13,17-18,22,24H,11-12,14-16H2,1-3H3,(H,27,32)(H,28,33). The van der Waals surface area contributed by atoms with Crippen molar-refractivity contribution >= 4 is 23.2 Å². The molecular weight excluding hydrogens is 446 g/mol. The summed E-state index contributed by atoms with van der Waals surface area (Å²) < 4.78 is 0. The zero-order valence-electron chi connectivity index (χ0n) is 20.4. The second-order valence-corrected chi connectivity index (χ2v) is 9.74. The minimum atomic E-state index is -0.399. The molecule has 9 heteroatoms. The molecule has 0 spiro atoms. The third-order valence-corrected chi connectivity index (χ3v) is 6.80. The number of amides is 2. The summed E-state index contributed by atoms with van der Waals surface area (Å²) in [5.74, 6) is -0.507. The van der Waals surface area contributed by atoms with E-state index in [1.807, 2.05) is 51.1 Å². The normalized spacial score (nSPS) is 20.5. The van der Waals surface area contributed by atoms with E-state index in [1.165, 1.54) is 6.07 Å². The molecule has 0 radical (unpaired) electrons. The van der Waals surface area contributed by atoms with Crippen molar-refractivity contribution in [2.24, 2.45) is 5.92 Å². The van der Waals surface area contributed by atoms with Crippen LogP contribution in [-0.4, -0.2) is 59.9 Å². The van der Waals surface area contributed by atoms with Gasteiger partial charge in [-0.2, -0.15) is 0 Å². The van der Waals surface area contributed by atoms with E-state index in [-0.39, 0.29) is 42.2 Å². The Morgan fingerprint density at radius 1 is 1.09 bits per heavy atom. The smallest absolute Gasteiger partial charge is 0.269 e. The number of hydrogen-bond acceptors (Lipinski definition) is 6. The molecule has 186 valence electrons. The van der Waals surface area contributed by atoms with E-state index in [1.54, 1.807) is 12.1 Å². The Kier molecular flexibility index (Phi) is 7.35. The van der Waals surface area contributed by atoms with Crippen molar-refractivity contribution in [3.05, 3.63) is 69.8 Å². The lowest BCUT2D eigenvalue weighted by molar-refractivity contribution is -0.384. The van der Waals surface area contributed by atoms with Gasteiger partial charge in [-0.15, -0.1) is 0 Å². The maximum atomic E-state index is 13.6. The summed E-state index contributed by atoms with van der Waals surface area (Å²) in [6.07, 6.45) is 0.414. The van der Waals surface area contributed by atoms with E-state index >= 15 is 0 Å². The molecule has 0 aromatic heterocycles. The average molecular weight is 480 g/mol. The van der Waals surface area contributed by atoms with Gasteiger partial charge in [0.2, 0.25) is 11.8 Å². The topological polar surface area (TPSA) is 108 Å². The predicted octanol–water partition coefficient (Wildman–Crippen LogP) is 2.66. The molecule has 3 unspecified atom stereocenters. The van der Waals surface area contributed by atoms with Gasteiger partial charge in [-0.05, 0) is 44.4 Å². The van der Waals surface area contributed by atoms with E-state index in [9.17, 15) is 19.7 Å². The molecule has 2 amide bonds. The molecule has 4 rings (SSSR count). The van der Waals surface area contributed by atoms with Gasteiger partial charge >= 0.3 is 0 Å². The van der Waals surface area contributed by atoms with Crippen LogP contribution in [0.2, 0.25) is 0 Å². The number of anilines is 1. The van der Waals surface area contributed by atoms with E-state index in [2.05, 4.69) is 20.4 Å². The highest BCUT2D eigenvalue weighted by Gasteiger charge is 2.42. The number of hydrogen-bond donors (Lipinski definition) is 2. The Labute approximate surface area is 205 Å². The van der Waals surface area contributed by atoms with Crippen molar-refractivity contribution in [1.29, 1.82) is 0 Å². The highest BCUT2D eigenvalue weighted by Crippen LogP contribution is 2.38. The molecule has 9 nitrogen and oxygen atoms in total. The summed E-state index contributed by atoms with van der Waals surface area (Å²) in [5.41, 5.74) is 2.80. The van der Waals surface area contributed by atoms with E-state index < -0.39 is 10.8 Å². The first-order valence-electron chi connectivity index (χ1n) is 12.1. The molecule has 2 aromatic rings. The molecule has 0 saturated carbocycles. The number of nitro benzene ring substituents is 1. The second kappa shape index (κ2) is 10.4. The number of benzene rings is 2. The van der Waals surface area contributed by atoms with Crippen LogP contribution in [0.1, 0.15) is 37.9 Å². The Morgan fingerprint density at radius 2 is 1.83 bits per heavy atom. The van der Waals surface area contributed by atoms with Gasteiger partial charge in [0.05, 0.1) is 29.5 Å². The molecular formula is C26H33N5O4. The Balaban J connectivity index is 1.58. The van der Waals surface area contributed by atoms with Crippen LogP contribution in [0.5, 0.6) is 0 Å². The van der Waals surface area contributed by atoms with Crippen LogP contribution in [0.25, 0.3) is 0 Å². The van der Waals surface area contributed by atoms with Gasteiger partial charge < -0.3 is 15.5 Å². The van der Waals surface area contributed by atoms with Gasteiger partial charge in [-0.1, -0.05) is 30.3 Å². The first kappa shape index (κ1) is 24.7. The van der Waals surface area contributed by atoms with Crippen LogP contribution < -0.4 is 15.5 Å². The fourth-order valence-electron chi connectivity index (χ4n) is 5.14. The van der Waals surface area contributed by atoms with Gasteiger partial charge in [0.15, 0.2) is 0 Å². The maximum Gasteiger partial charge on any atom is 0.269 e. The number of non-ortho nitro benzene ring substituents is 1. The third kappa shape index (κ3) is 5.62. The lowest BCUT2D eigenvalue weighted by atomic mass is 9.83. The van der Waals surface area contributed by atoms with Crippen molar-refractivity contribution in [2.45, 2.75) is 45.3 Å². The summed E-state index contributed by atoms with van der Waals surface area (Å²) in [6, 6.07) is 14.5. The lowest BCUT2D eigenvalue weighted by Crippen LogP contribution is -2.62. The zero-order chi connectivity index (χ0) is 25.1. The molecule has 1 saturated heterocycles. The Bertz CT molecular complexity index is 1090. The van der Waals surface area contributed by atoms with Gasteiger partial charge in [-0.25, -0.2) is 0 Å². The minimum Gasteiger partial charge on any atom is -0.365 e. The Hall–Kier alpha value is -3.46. The molecule has 0 bridgehead atoms. The van der Waals surface area contributed by atoms with E-state index in [0.717, 1.165) is 16.8 Å². The molecule has 1 fully saturated rings.